The van der Waals surface area contributed by atoms with E-state index in [0.29, 0.717) is 11.7 Å². The van der Waals surface area contributed by atoms with Crippen LogP contribution in [-0.4, -0.2) is 33.5 Å². The fourth-order valence-corrected chi connectivity index (χ4v) is 3.22. The second kappa shape index (κ2) is 8.02. The molecule has 19 heavy (non-hydrogen) atoms. The van der Waals surface area contributed by atoms with Crippen molar-refractivity contribution in [3.05, 3.63) is 34.3 Å². The van der Waals surface area contributed by atoms with Gasteiger partial charge in [-0.2, -0.15) is 0 Å². The summed E-state index contributed by atoms with van der Waals surface area (Å²) in [6, 6.07) is 8.25. The summed E-state index contributed by atoms with van der Waals surface area (Å²) in [4.78, 5) is 0. The molecule has 0 saturated heterocycles. The summed E-state index contributed by atoms with van der Waals surface area (Å²) >= 11 is 3.43. The largest absolute Gasteiger partial charge is 0.319 e. The zero-order chi connectivity index (χ0) is 14.3. The van der Waals surface area contributed by atoms with Gasteiger partial charge in [-0.3, -0.25) is 0 Å². The van der Waals surface area contributed by atoms with E-state index in [1.54, 1.807) is 6.92 Å². The molecule has 1 rings (SSSR count). The smallest absolute Gasteiger partial charge is 0.150 e. The number of sulfone groups is 1. The monoisotopic (exact) mass is 347 g/mol. The summed E-state index contributed by atoms with van der Waals surface area (Å²) < 4.78 is 24.1. The molecule has 0 radical (unpaired) electrons. The highest BCUT2D eigenvalue weighted by Gasteiger charge is 2.13. The molecular formula is C14H22BrNO2S. The Bertz CT molecular complexity index is 471. The van der Waals surface area contributed by atoms with Crippen LogP contribution in [-0.2, 0) is 9.84 Å². The average Bonchev–Trinajstić information content (AvgIpc) is 2.39. The van der Waals surface area contributed by atoms with E-state index in [4.69, 9.17) is 0 Å². The molecule has 0 aromatic heterocycles. The van der Waals surface area contributed by atoms with Crippen molar-refractivity contribution in [1.29, 1.82) is 0 Å². The molecule has 0 heterocycles. The normalized spacial score (nSPS) is 13.4. The zero-order valence-corrected chi connectivity index (χ0v) is 13.9. The first-order valence-electron chi connectivity index (χ1n) is 6.59. The van der Waals surface area contributed by atoms with Crippen LogP contribution in [0.25, 0.3) is 0 Å². The van der Waals surface area contributed by atoms with E-state index in [0.717, 1.165) is 23.9 Å². The van der Waals surface area contributed by atoms with Crippen molar-refractivity contribution in [2.45, 2.75) is 25.7 Å². The summed E-state index contributed by atoms with van der Waals surface area (Å²) in [5, 5.41) is 3.18. The summed E-state index contributed by atoms with van der Waals surface area (Å²) in [5.74, 6) is 0.896. The van der Waals surface area contributed by atoms with E-state index in [9.17, 15) is 8.42 Å². The third-order valence-electron chi connectivity index (χ3n) is 3.24. The average molecular weight is 348 g/mol. The molecule has 5 heteroatoms. The number of benzene rings is 1. The quantitative estimate of drug-likeness (QED) is 0.786. The Labute approximate surface area is 124 Å². The lowest BCUT2D eigenvalue weighted by molar-refractivity contribution is 0.562. The third kappa shape index (κ3) is 6.06. The highest BCUT2D eigenvalue weighted by molar-refractivity contribution is 9.10. The Morgan fingerprint density at radius 1 is 1.26 bits per heavy atom. The Hall–Kier alpha value is -0.390. The molecule has 0 fully saturated rings. The van der Waals surface area contributed by atoms with Gasteiger partial charge in [-0.25, -0.2) is 8.42 Å². The Balaban J connectivity index is 2.61. The maximum absolute atomic E-state index is 11.5. The molecule has 0 spiro atoms. The summed E-state index contributed by atoms with van der Waals surface area (Å²) in [7, 11) is -0.922. The van der Waals surface area contributed by atoms with Gasteiger partial charge in [0.05, 0.1) is 5.75 Å². The van der Waals surface area contributed by atoms with E-state index in [1.807, 2.05) is 19.2 Å². The standard InChI is InChI=1S/C14H22BrNO2S/c1-3-19(17,18)10-4-5-13(11-16-2)12-6-8-14(15)9-7-12/h6-9,13,16H,3-5,10-11H2,1-2H3. The molecule has 1 atom stereocenters. The maximum atomic E-state index is 11.5. The van der Waals surface area contributed by atoms with Gasteiger partial charge >= 0.3 is 0 Å². The number of nitrogens with one attached hydrogen (secondary N) is 1. The lowest BCUT2D eigenvalue weighted by atomic mass is 9.94. The number of hydrogen-bond acceptors (Lipinski definition) is 3. The van der Waals surface area contributed by atoms with Crippen LogP contribution < -0.4 is 5.32 Å². The van der Waals surface area contributed by atoms with E-state index < -0.39 is 9.84 Å². The number of rotatable bonds is 8. The maximum Gasteiger partial charge on any atom is 0.150 e. The van der Waals surface area contributed by atoms with Gasteiger partial charge < -0.3 is 5.32 Å². The topological polar surface area (TPSA) is 46.2 Å². The molecule has 0 bridgehead atoms. The van der Waals surface area contributed by atoms with Crippen molar-refractivity contribution in [3.8, 4) is 0 Å². The molecule has 0 aliphatic rings. The summed E-state index contributed by atoms with van der Waals surface area (Å²) in [6.07, 6.45) is 1.61. The molecule has 1 aromatic rings. The lowest BCUT2D eigenvalue weighted by Gasteiger charge is -2.17. The van der Waals surface area contributed by atoms with Gasteiger partial charge in [0.25, 0.3) is 0 Å². The van der Waals surface area contributed by atoms with Crippen molar-refractivity contribution in [3.63, 3.8) is 0 Å². The van der Waals surface area contributed by atoms with Gasteiger partial charge in [0.15, 0.2) is 0 Å². The number of likely N-dealkylation sites (N-methyl/N-ethyl adjacent to an activating group) is 1. The van der Waals surface area contributed by atoms with Gasteiger partial charge in [0.1, 0.15) is 9.84 Å². The van der Waals surface area contributed by atoms with Crippen LogP contribution in [0.5, 0.6) is 0 Å². The first-order chi connectivity index (χ1) is 8.98. The van der Waals surface area contributed by atoms with Crippen LogP contribution in [0.3, 0.4) is 0 Å². The Kier molecular flexibility index (Phi) is 7.04. The fourth-order valence-electron chi connectivity index (χ4n) is 2.06. The molecule has 1 aromatic carbocycles. The second-order valence-corrected chi connectivity index (χ2v) is 8.07. The SMILES string of the molecule is CCS(=O)(=O)CCCC(CNC)c1ccc(Br)cc1. The van der Waals surface area contributed by atoms with Gasteiger partial charge in [-0.1, -0.05) is 35.0 Å². The molecule has 3 nitrogen and oxygen atoms in total. The van der Waals surface area contributed by atoms with Crippen LogP contribution in [0.4, 0.5) is 0 Å². The predicted molar refractivity (Wildman–Crippen MR) is 84.4 cm³/mol. The molecule has 0 aliphatic heterocycles. The van der Waals surface area contributed by atoms with Crippen molar-refractivity contribution < 1.29 is 8.42 Å². The second-order valence-electron chi connectivity index (χ2n) is 4.68. The highest BCUT2D eigenvalue weighted by Crippen LogP contribution is 2.23. The molecule has 1 unspecified atom stereocenters. The Morgan fingerprint density at radius 2 is 1.89 bits per heavy atom. The zero-order valence-electron chi connectivity index (χ0n) is 11.5. The lowest BCUT2D eigenvalue weighted by Crippen LogP contribution is -2.18. The fraction of sp³-hybridized carbons (Fsp3) is 0.571. The van der Waals surface area contributed by atoms with Gasteiger partial charge in [0.2, 0.25) is 0 Å². The minimum Gasteiger partial charge on any atom is -0.319 e. The first-order valence-corrected chi connectivity index (χ1v) is 9.20. The predicted octanol–water partition coefficient (Wildman–Crippen LogP) is 2.97. The summed E-state index contributed by atoms with van der Waals surface area (Å²) in [6.45, 7) is 2.57. The van der Waals surface area contributed by atoms with Crippen LogP contribution in [0.2, 0.25) is 0 Å². The first kappa shape index (κ1) is 16.7. The Morgan fingerprint density at radius 3 is 2.42 bits per heavy atom. The molecule has 0 aliphatic carbocycles. The molecule has 1 N–H and O–H groups in total. The van der Waals surface area contributed by atoms with Crippen molar-refractivity contribution in [2.24, 2.45) is 0 Å². The van der Waals surface area contributed by atoms with Gasteiger partial charge in [-0.15, -0.1) is 0 Å². The van der Waals surface area contributed by atoms with Crippen LogP contribution in [0, 0.1) is 0 Å². The molecule has 108 valence electrons. The van der Waals surface area contributed by atoms with E-state index in [2.05, 4.69) is 33.4 Å². The summed E-state index contributed by atoms with van der Waals surface area (Å²) in [5.41, 5.74) is 1.26. The van der Waals surface area contributed by atoms with Crippen LogP contribution in [0.15, 0.2) is 28.7 Å². The minimum absolute atomic E-state index is 0.238. The molecule has 0 amide bonds. The van der Waals surface area contributed by atoms with Crippen LogP contribution in [0.1, 0.15) is 31.2 Å². The van der Waals surface area contributed by atoms with E-state index in [-0.39, 0.29) is 5.75 Å². The van der Waals surface area contributed by atoms with E-state index >= 15 is 0 Å². The van der Waals surface area contributed by atoms with Gasteiger partial charge in [0, 0.05) is 16.8 Å². The van der Waals surface area contributed by atoms with Crippen molar-refractivity contribution >= 4 is 25.8 Å². The van der Waals surface area contributed by atoms with Crippen LogP contribution >= 0.6 is 15.9 Å². The third-order valence-corrected chi connectivity index (χ3v) is 5.56. The van der Waals surface area contributed by atoms with Crippen molar-refractivity contribution in [1.82, 2.24) is 5.32 Å². The van der Waals surface area contributed by atoms with E-state index in [1.165, 1.54) is 5.56 Å². The van der Waals surface area contributed by atoms with Gasteiger partial charge in [-0.05, 0) is 43.5 Å². The highest BCUT2D eigenvalue weighted by atomic mass is 79.9. The number of hydrogen-bond donors (Lipinski definition) is 1. The molecule has 0 saturated carbocycles. The number of halogens is 1. The molecular weight excluding hydrogens is 326 g/mol. The minimum atomic E-state index is -2.85. The van der Waals surface area contributed by atoms with Crippen molar-refractivity contribution in [2.75, 3.05) is 25.1 Å².